The number of esters is 1. The average Bonchev–Trinajstić information content (AvgIpc) is 3.02. The number of carbonyl (C=O) groups excluding carboxylic acids is 2. The van der Waals surface area contributed by atoms with E-state index in [1.807, 2.05) is 0 Å². The van der Waals surface area contributed by atoms with Gasteiger partial charge in [-0.3, -0.25) is 4.79 Å². The fourth-order valence-corrected chi connectivity index (χ4v) is 3.27. The van der Waals surface area contributed by atoms with Gasteiger partial charge in [0.25, 0.3) is 5.91 Å². The number of hydrogen-bond acceptors (Lipinski definition) is 6. The first-order chi connectivity index (χ1) is 12.5. The fraction of sp³-hybridized carbons (Fsp3) is 0.294. The largest absolute Gasteiger partial charge is 0.447 e. The lowest BCUT2D eigenvalue weighted by atomic mass is 10.2. The van der Waals surface area contributed by atoms with E-state index in [1.165, 1.54) is 45.3 Å². The molecular weight excluding hydrogens is 440 g/mol. The van der Waals surface area contributed by atoms with Crippen LogP contribution in [0.1, 0.15) is 23.0 Å². The first kappa shape index (κ1) is 21.1. The number of anilines is 1. The molecule has 0 spiro atoms. The van der Waals surface area contributed by atoms with Crippen molar-refractivity contribution in [2.75, 3.05) is 19.4 Å². The highest BCUT2D eigenvalue weighted by Gasteiger charge is 2.23. The minimum absolute atomic E-state index is 0.0403. The molecule has 1 aromatic heterocycles. The van der Waals surface area contributed by atoms with Crippen LogP contribution in [0.5, 0.6) is 0 Å². The van der Waals surface area contributed by atoms with Crippen LogP contribution in [0.4, 0.5) is 5.69 Å². The van der Waals surface area contributed by atoms with Crippen LogP contribution in [-0.4, -0.2) is 44.8 Å². The zero-order chi connectivity index (χ0) is 20.4. The number of nitrogens with zero attached hydrogens (tertiary/aromatic N) is 1. The van der Waals surface area contributed by atoms with Crippen LogP contribution < -0.4 is 5.32 Å². The lowest BCUT2D eigenvalue weighted by molar-refractivity contribution is -0.123. The summed E-state index contributed by atoms with van der Waals surface area (Å²) in [5.74, 6) is -1.43. The molecule has 1 amide bonds. The lowest BCUT2D eigenvalue weighted by Crippen LogP contribution is -2.30. The van der Waals surface area contributed by atoms with Gasteiger partial charge in [0.05, 0.1) is 4.90 Å². The second-order valence-corrected chi connectivity index (χ2v) is 8.84. The highest BCUT2D eigenvalue weighted by atomic mass is 79.9. The van der Waals surface area contributed by atoms with E-state index in [1.54, 1.807) is 13.0 Å². The Morgan fingerprint density at radius 3 is 2.44 bits per heavy atom. The molecule has 1 N–H and O–H groups in total. The van der Waals surface area contributed by atoms with E-state index in [9.17, 15) is 18.0 Å². The van der Waals surface area contributed by atoms with Gasteiger partial charge in [0.2, 0.25) is 15.8 Å². The zero-order valence-corrected chi connectivity index (χ0v) is 17.5. The fourth-order valence-electron chi connectivity index (χ4n) is 2.04. The molecular formula is C17H19BrN2O6S. The van der Waals surface area contributed by atoms with Crippen molar-refractivity contribution in [2.45, 2.75) is 24.8 Å². The standard InChI is InChI=1S/C17H19BrN2O6S/c1-10-5-6-12(27(23,24)20(3)4)9-13(10)19-16(21)11(2)25-17(22)14-7-8-15(18)26-14/h5-9,11H,1-4H3,(H,19,21)/t11-/m1/s1. The normalized spacial score (nSPS) is 12.7. The van der Waals surface area contributed by atoms with E-state index in [2.05, 4.69) is 21.2 Å². The smallest absolute Gasteiger partial charge is 0.375 e. The maximum Gasteiger partial charge on any atom is 0.375 e. The minimum atomic E-state index is -3.65. The molecule has 0 aliphatic rings. The number of amides is 1. The number of hydrogen-bond donors (Lipinski definition) is 1. The van der Waals surface area contributed by atoms with Crippen molar-refractivity contribution >= 4 is 43.5 Å². The average molecular weight is 459 g/mol. The number of halogens is 1. The molecule has 0 fully saturated rings. The molecule has 2 rings (SSSR count). The third-order valence-electron chi connectivity index (χ3n) is 3.67. The highest BCUT2D eigenvalue weighted by molar-refractivity contribution is 9.10. The Labute approximate surface area is 165 Å². The molecule has 146 valence electrons. The van der Waals surface area contributed by atoms with Crippen LogP contribution >= 0.6 is 15.9 Å². The predicted molar refractivity (Wildman–Crippen MR) is 102 cm³/mol. The predicted octanol–water partition coefficient (Wildman–Crippen LogP) is 2.78. The summed E-state index contributed by atoms with van der Waals surface area (Å²) in [6, 6.07) is 7.35. The number of rotatable bonds is 6. The molecule has 0 unspecified atom stereocenters. The first-order valence-electron chi connectivity index (χ1n) is 7.82. The third-order valence-corrected chi connectivity index (χ3v) is 5.91. The molecule has 1 aromatic carbocycles. The summed E-state index contributed by atoms with van der Waals surface area (Å²) < 4.78 is 36.1. The maximum absolute atomic E-state index is 12.3. The van der Waals surface area contributed by atoms with E-state index >= 15 is 0 Å². The van der Waals surface area contributed by atoms with Crippen LogP contribution in [-0.2, 0) is 19.6 Å². The van der Waals surface area contributed by atoms with Crippen molar-refractivity contribution in [3.8, 4) is 0 Å². The van der Waals surface area contributed by atoms with E-state index in [-0.39, 0.29) is 10.7 Å². The molecule has 0 radical (unpaired) electrons. The van der Waals surface area contributed by atoms with E-state index < -0.39 is 28.0 Å². The van der Waals surface area contributed by atoms with Crippen molar-refractivity contribution in [1.82, 2.24) is 4.31 Å². The molecule has 0 aliphatic carbocycles. The van der Waals surface area contributed by atoms with E-state index in [0.29, 0.717) is 15.9 Å². The Kier molecular flexibility index (Phi) is 6.45. The summed E-state index contributed by atoms with van der Waals surface area (Å²) in [5, 5.41) is 2.58. The van der Waals surface area contributed by atoms with Gasteiger partial charge in [0.15, 0.2) is 10.8 Å². The van der Waals surface area contributed by atoms with Gasteiger partial charge in [-0.2, -0.15) is 0 Å². The van der Waals surface area contributed by atoms with Crippen molar-refractivity contribution in [3.63, 3.8) is 0 Å². The zero-order valence-electron chi connectivity index (χ0n) is 15.1. The monoisotopic (exact) mass is 458 g/mol. The SMILES string of the molecule is Cc1ccc(S(=O)(=O)N(C)C)cc1NC(=O)[C@@H](C)OC(=O)c1ccc(Br)o1. The Balaban J connectivity index is 2.14. The summed E-state index contributed by atoms with van der Waals surface area (Å²) in [6.07, 6.45) is -1.12. The van der Waals surface area contributed by atoms with Crippen LogP contribution in [0.3, 0.4) is 0 Å². The number of nitrogens with one attached hydrogen (secondary N) is 1. The Morgan fingerprint density at radius 1 is 1.22 bits per heavy atom. The van der Waals surface area contributed by atoms with Crippen molar-refractivity contribution < 1.29 is 27.2 Å². The van der Waals surface area contributed by atoms with Crippen LogP contribution in [0, 0.1) is 6.92 Å². The number of ether oxygens (including phenoxy) is 1. The molecule has 27 heavy (non-hydrogen) atoms. The van der Waals surface area contributed by atoms with Gasteiger partial charge in [0, 0.05) is 19.8 Å². The molecule has 0 aliphatic heterocycles. The Hall–Kier alpha value is -2.17. The third kappa shape index (κ3) is 4.96. The topological polar surface area (TPSA) is 106 Å². The summed E-state index contributed by atoms with van der Waals surface area (Å²) in [6.45, 7) is 3.12. The van der Waals surface area contributed by atoms with Gasteiger partial charge in [-0.15, -0.1) is 0 Å². The Morgan fingerprint density at radius 2 is 1.89 bits per heavy atom. The number of benzene rings is 1. The summed E-state index contributed by atoms with van der Waals surface area (Å²) in [4.78, 5) is 24.3. The maximum atomic E-state index is 12.3. The van der Waals surface area contributed by atoms with Crippen molar-refractivity contribution in [3.05, 3.63) is 46.3 Å². The van der Waals surface area contributed by atoms with Crippen molar-refractivity contribution in [2.24, 2.45) is 0 Å². The highest BCUT2D eigenvalue weighted by Crippen LogP contribution is 2.22. The van der Waals surface area contributed by atoms with Gasteiger partial charge in [-0.05, 0) is 59.6 Å². The van der Waals surface area contributed by atoms with E-state index in [4.69, 9.17) is 9.15 Å². The molecule has 2 aromatic rings. The van der Waals surface area contributed by atoms with E-state index in [0.717, 1.165) is 4.31 Å². The minimum Gasteiger partial charge on any atom is -0.447 e. The van der Waals surface area contributed by atoms with Gasteiger partial charge >= 0.3 is 5.97 Å². The molecule has 10 heteroatoms. The number of sulfonamides is 1. The first-order valence-corrected chi connectivity index (χ1v) is 10.1. The van der Waals surface area contributed by atoms with Gasteiger partial charge in [-0.25, -0.2) is 17.5 Å². The van der Waals surface area contributed by atoms with Crippen LogP contribution in [0.15, 0.2) is 44.3 Å². The van der Waals surface area contributed by atoms with Gasteiger partial charge in [-0.1, -0.05) is 6.07 Å². The summed E-state index contributed by atoms with van der Waals surface area (Å²) >= 11 is 3.07. The molecule has 1 atom stereocenters. The molecule has 0 bridgehead atoms. The second-order valence-electron chi connectivity index (χ2n) is 5.90. The lowest BCUT2D eigenvalue weighted by Gasteiger charge is -2.16. The van der Waals surface area contributed by atoms with Crippen molar-refractivity contribution in [1.29, 1.82) is 0 Å². The summed E-state index contributed by atoms with van der Waals surface area (Å²) in [7, 11) is -0.808. The number of furan rings is 1. The van der Waals surface area contributed by atoms with Gasteiger partial charge in [0.1, 0.15) is 0 Å². The Bertz CT molecular complexity index is 968. The molecule has 0 saturated heterocycles. The van der Waals surface area contributed by atoms with Crippen LogP contribution in [0.25, 0.3) is 0 Å². The molecule has 0 saturated carbocycles. The van der Waals surface area contributed by atoms with Crippen LogP contribution in [0.2, 0.25) is 0 Å². The second kappa shape index (κ2) is 8.24. The number of carbonyl (C=O) groups is 2. The quantitative estimate of drug-likeness (QED) is 0.666. The molecule has 1 heterocycles. The number of aryl methyl sites for hydroxylation is 1. The van der Waals surface area contributed by atoms with Gasteiger partial charge < -0.3 is 14.5 Å². The molecule has 8 nitrogen and oxygen atoms in total. The summed E-state index contributed by atoms with van der Waals surface area (Å²) in [5.41, 5.74) is 0.973.